The van der Waals surface area contributed by atoms with Gasteiger partial charge in [-0.1, -0.05) is 67.1 Å². The maximum absolute atomic E-state index is 14.8. The smallest absolute Gasteiger partial charge is 0.355 e. The molecule has 0 aliphatic carbocycles. The Labute approximate surface area is 351 Å². The molecular formula is C43H47FN6O6S2Si. The zero-order valence-corrected chi connectivity index (χ0v) is 36.6. The summed E-state index contributed by atoms with van der Waals surface area (Å²) >= 11 is 2.81. The zero-order valence-electron chi connectivity index (χ0n) is 34.0. The molecule has 0 atom stereocenters. The number of rotatable bonds is 18. The fourth-order valence-electron chi connectivity index (χ4n) is 5.70. The van der Waals surface area contributed by atoms with Crippen molar-refractivity contribution in [3.8, 4) is 23.3 Å². The van der Waals surface area contributed by atoms with E-state index in [0.29, 0.717) is 60.0 Å². The summed E-state index contributed by atoms with van der Waals surface area (Å²) in [5.74, 6) is 5.96. The van der Waals surface area contributed by atoms with Gasteiger partial charge in [-0.25, -0.2) is 14.2 Å². The van der Waals surface area contributed by atoms with E-state index in [0.717, 1.165) is 37.9 Å². The molecule has 6 aromatic rings. The van der Waals surface area contributed by atoms with Crippen LogP contribution in [0.25, 0.3) is 10.2 Å². The van der Waals surface area contributed by atoms with Crippen molar-refractivity contribution in [2.45, 2.75) is 58.8 Å². The van der Waals surface area contributed by atoms with Gasteiger partial charge in [0.05, 0.1) is 30.5 Å². The van der Waals surface area contributed by atoms with E-state index < -0.39 is 19.9 Å². The molecule has 3 aromatic carbocycles. The quantitative estimate of drug-likeness (QED) is 0.0508. The highest BCUT2D eigenvalue weighted by molar-refractivity contribution is 7.16. The largest absolute Gasteiger partial charge is 0.497 e. The van der Waals surface area contributed by atoms with Crippen LogP contribution in [-0.4, -0.2) is 72.9 Å². The third kappa shape index (κ3) is 11.8. The molecule has 0 bridgehead atoms. The van der Waals surface area contributed by atoms with E-state index in [1.54, 1.807) is 36.5 Å². The minimum absolute atomic E-state index is 0.0448. The standard InChI is InChI=1S/C43H47FN6O6S2Si/c1-29-25-38(47-48-40(29)46-43-50(28-55-23-24-59(4,5)6)34-12-7-8-13-36(34)57-43)49(2)42-45-39(41(51)52)37(58-42)14-10-22-56-35-20-17-30(26-33(35)44)11-9-21-54-27-31-15-18-32(53-3)19-16-31/h7-8,12-13,15-20,25-26H,10,14,21-24,27-28H2,1-6H3,(H,51,52). The molecule has 3 heterocycles. The van der Waals surface area contributed by atoms with Crippen LogP contribution < -0.4 is 19.2 Å². The second-order valence-electron chi connectivity index (χ2n) is 14.8. The molecule has 0 spiro atoms. The van der Waals surface area contributed by atoms with Crippen molar-refractivity contribution in [2.75, 3.05) is 38.9 Å². The van der Waals surface area contributed by atoms with E-state index in [2.05, 4.69) is 63.4 Å². The number of benzene rings is 3. The highest BCUT2D eigenvalue weighted by Crippen LogP contribution is 2.32. The summed E-state index contributed by atoms with van der Waals surface area (Å²) in [7, 11) is 2.15. The lowest BCUT2D eigenvalue weighted by atomic mass is 10.2. The van der Waals surface area contributed by atoms with Crippen molar-refractivity contribution < 1.29 is 33.2 Å². The first kappa shape index (κ1) is 43.1. The van der Waals surface area contributed by atoms with Crippen LogP contribution in [0, 0.1) is 24.6 Å². The molecule has 0 aliphatic heterocycles. The minimum atomic E-state index is -1.23. The number of carboxylic acid groups (broad SMARTS) is 1. The molecule has 0 fully saturated rings. The number of methoxy groups -OCH3 is 1. The Morgan fingerprint density at radius 2 is 1.81 bits per heavy atom. The molecule has 308 valence electrons. The average molecular weight is 855 g/mol. The highest BCUT2D eigenvalue weighted by atomic mass is 32.1. The number of aromatic carboxylic acids is 1. The van der Waals surface area contributed by atoms with Gasteiger partial charge in [0.2, 0.25) is 0 Å². The van der Waals surface area contributed by atoms with Crippen LogP contribution in [0.15, 0.2) is 77.8 Å². The number of hydrogen-bond acceptors (Lipinski definition) is 12. The molecule has 0 unspecified atom stereocenters. The van der Waals surface area contributed by atoms with E-state index in [4.69, 9.17) is 23.9 Å². The summed E-state index contributed by atoms with van der Waals surface area (Å²) in [5, 5.41) is 19.3. The highest BCUT2D eigenvalue weighted by Gasteiger charge is 2.21. The Bertz CT molecular complexity index is 2520. The molecule has 0 saturated heterocycles. The third-order valence-electron chi connectivity index (χ3n) is 9.04. The summed E-state index contributed by atoms with van der Waals surface area (Å²) < 4.78 is 40.6. The number of carbonyl (C=O) groups is 1. The van der Waals surface area contributed by atoms with Gasteiger partial charge in [-0.05, 0) is 85.5 Å². The lowest BCUT2D eigenvalue weighted by Crippen LogP contribution is -2.23. The second kappa shape index (κ2) is 20.0. The van der Waals surface area contributed by atoms with E-state index in [-0.39, 0.29) is 24.7 Å². The topological polar surface area (TPSA) is 133 Å². The van der Waals surface area contributed by atoms with Crippen LogP contribution >= 0.6 is 22.7 Å². The maximum Gasteiger partial charge on any atom is 0.355 e. The zero-order chi connectivity index (χ0) is 41.9. The second-order valence-corrected chi connectivity index (χ2v) is 22.5. The number of carboxylic acids is 1. The minimum Gasteiger partial charge on any atom is -0.497 e. The van der Waals surface area contributed by atoms with Crippen LogP contribution in [0.2, 0.25) is 25.7 Å². The van der Waals surface area contributed by atoms with Crippen LogP contribution in [-0.2, 0) is 29.2 Å². The average Bonchev–Trinajstić information content (AvgIpc) is 3.80. The predicted molar refractivity (Wildman–Crippen MR) is 233 cm³/mol. The van der Waals surface area contributed by atoms with Gasteiger partial charge in [0.15, 0.2) is 38.8 Å². The van der Waals surface area contributed by atoms with E-state index in [1.165, 1.54) is 23.5 Å². The number of ether oxygens (including phenoxy) is 4. The van der Waals surface area contributed by atoms with E-state index in [1.807, 2.05) is 49.4 Å². The van der Waals surface area contributed by atoms with Gasteiger partial charge in [-0.15, -0.1) is 21.5 Å². The fraction of sp³-hybridized carbons (Fsp3) is 0.326. The van der Waals surface area contributed by atoms with Gasteiger partial charge in [0.1, 0.15) is 19.1 Å². The number of para-hydroxylation sites is 1. The number of nitrogens with zero attached hydrogens (tertiary/aromatic N) is 6. The number of hydrogen-bond donors (Lipinski definition) is 1. The first-order valence-corrected chi connectivity index (χ1v) is 24.4. The number of thiazole rings is 2. The third-order valence-corrected chi connectivity index (χ3v) is 13.0. The fourth-order valence-corrected chi connectivity index (χ4v) is 8.54. The van der Waals surface area contributed by atoms with Gasteiger partial charge in [-0.2, -0.15) is 4.99 Å². The van der Waals surface area contributed by atoms with Crippen molar-refractivity contribution >= 4 is 63.7 Å². The molecule has 6 rings (SSSR count). The summed E-state index contributed by atoms with van der Waals surface area (Å²) in [6.07, 6.45) is 0.808. The SMILES string of the molecule is COc1ccc(COCC#Cc2ccc(OCCCc3sc(N(C)c4cc(C)c(N=c5sc6ccccc6n5COCC[Si](C)(C)C)nn4)nc3C(=O)O)c(F)c2)cc1. The number of fused-ring (bicyclic) bond motifs is 1. The molecule has 12 nitrogen and oxygen atoms in total. The number of halogens is 1. The Hall–Kier alpha value is -5.44. The van der Waals surface area contributed by atoms with Crippen LogP contribution in [0.4, 0.5) is 21.2 Å². The van der Waals surface area contributed by atoms with Crippen molar-refractivity contribution in [1.29, 1.82) is 0 Å². The monoisotopic (exact) mass is 854 g/mol. The van der Waals surface area contributed by atoms with Gasteiger partial charge in [-0.3, -0.25) is 4.57 Å². The van der Waals surface area contributed by atoms with Gasteiger partial charge in [0.25, 0.3) is 0 Å². The summed E-state index contributed by atoms with van der Waals surface area (Å²) in [6, 6.07) is 23.2. The van der Waals surface area contributed by atoms with Crippen molar-refractivity contribution in [3.63, 3.8) is 0 Å². The van der Waals surface area contributed by atoms with E-state index >= 15 is 0 Å². The summed E-state index contributed by atoms with van der Waals surface area (Å²) in [4.78, 5) is 24.5. The van der Waals surface area contributed by atoms with Crippen molar-refractivity contribution in [1.82, 2.24) is 19.7 Å². The molecule has 1 N–H and O–H groups in total. The molecule has 16 heteroatoms. The summed E-state index contributed by atoms with van der Waals surface area (Å²) in [6.45, 7) is 10.7. The Balaban J connectivity index is 1.05. The van der Waals surface area contributed by atoms with Crippen LogP contribution in [0.3, 0.4) is 0 Å². The maximum atomic E-state index is 14.8. The molecule has 0 saturated carbocycles. The van der Waals surface area contributed by atoms with Gasteiger partial charge >= 0.3 is 5.97 Å². The molecule has 0 amide bonds. The first-order valence-electron chi connectivity index (χ1n) is 19.0. The number of aromatic nitrogens is 4. The summed E-state index contributed by atoms with van der Waals surface area (Å²) in [5.41, 5.74) is 3.28. The van der Waals surface area contributed by atoms with E-state index in [9.17, 15) is 14.3 Å². The Morgan fingerprint density at radius 3 is 2.54 bits per heavy atom. The Morgan fingerprint density at radius 1 is 1.02 bits per heavy atom. The molecular weight excluding hydrogens is 808 g/mol. The van der Waals surface area contributed by atoms with Crippen molar-refractivity contribution in [2.24, 2.45) is 4.99 Å². The lowest BCUT2D eigenvalue weighted by Gasteiger charge is -2.16. The molecule has 0 aliphatic rings. The number of anilines is 2. The normalized spacial score (nSPS) is 11.7. The van der Waals surface area contributed by atoms with Gasteiger partial charge < -0.3 is 29.0 Å². The number of aryl methyl sites for hydroxylation is 2. The van der Waals surface area contributed by atoms with Crippen LogP contribution in [0.5, 0.6) is 11.5 Å². The predicted octanol–water partition coefficient (Wildman–Crippen LogP) is 9.00. The lowest BCUT2D eigenvalue weighted by molar-refractivity contribution is 0.0690. The molecule has 0 radical (unpaired) electrons. The van der Waals surface area contributed by atoms with Crippen LogP contribution in [0.1, 0.15) is 38.5 Å². The van der Waals surface area contributed by atoms with Gasteiger partial charge in [0, 0.05) is 32.2 Å². The molecule has 3 aromatic heterocycles. The Kier molecular flexibility index (Phi) is 14.6. The first-order chi connectivity index (χ1) is 28.4. The molecule has 59 heavy (non-hydrogen) atoms. The van der Waals surface area contributed by atoms with Crippen molar-refractivity contribution in [3.05, 3.63) is 111 Å².